The summed E-state index contributed by atoms with van der Waals surface area (Å²) < 4.78 is 20.0. The summed E-state index contributed by atoms with van der Waals surface area (Å²) in [6.07, 6.45) is 3.15. The summed E-state index contributed by atoms with van der Waals surface area (Å²) in [4.78, 5) is 2.40. The zero-order valence-corrected chi connectivity index (χ0v) is 14.4. The van der Waals surface area contributed by atoms with Gasteiger partial charge in [-0.05, 0) is 45.6 Å². The summed E-state index contributed by atoms with van der Waals surface area (Å²) >= 11 is 3.33. The summed E-state index contributed by atoms with van der Waals surface area (Å²) in [5, 5.41) is 0. The van der Waals surface area contributed by atoms with Crippen molar-refractivity contribution in [2.45, 2.75) is 13.0 Å². The van der Waals surface area contributed by atoms with Gasteiger partial charge in [0.05, 0.1) is 4.47 Å². The third kappa shape index (κ3) is 4.43. The van der Waals surface area contributed by atoms with E-state index < -0.39 is 0 Å². The molecule has 0 N–H and O–H groups in total. The number of hydrogen-bond acceptors (Lipinski definition) is 2. The van der Waals surface area contributed by atoms with E-state index in [1.807, 2.05) is 6.07 Å². The van der Waals surface area contributed by atoms with Crippen molar-refractivity contribution in [1.29, 1.82) is 0 Å². The maximum Gasteiger partial charge on any atom is 0.169 e. The Labute approximate surface area is 144 Å². The van der Waals surface area contributed by atoms with Crippen molar-refractivity contribution in [3.63, 3.8) is 0 Å². The molecule has 0 radical (unpaired) electrons. The van der Waals surface area contributed by atoms with Gasteiger partial charge in [0.1, 0.15) is 6.61 Å². The summed E-state index contributed by atoms with van der Waals surface area (Å²) in [6.45, 7) is 3.32. The van der Waals surface area contributed by atoms with Gasteiger partial charge in [0.15, 0.2) is 11.6 Å². The maximum atomic E-state index is 13.7. The van der Waals surface area contributed by atoms with Crippen LogP contribution in [0.2, 0.25) is 0 Å². The average molecular weight is 376 g/mol. The molecular weight excluding hydrogens is 357 g/mol. The van der Waals surface area contributed by atoms with Gasteiger partial charge in [-0.25, -0.2) is 4.39 Å². The third-order valence-electron chi connectivity index (χ3n) is 3.96. The fraction of sp³-hybridized carbons (Fsp3) is 0.263. The Bertz CT molecular complexity index is 667. The van der Waals surface area contributed by atoms with Crippen LogP contribution in [-0.4, -0.2) is 24.6 Å². The third-order valence-corrected chi connectivity index (χ3v) is 4.58. The Morgan fingerprint density at radius 1 is 1.09 bits per heavy atom. The number of hydrogen-bond donors (Lipinski definition) is 0. The monoisotopic (exact) mass is 375 g/mol. The molecule has 1 aliphatic heterocycles. The second kappa shape index (κ2) is 7.75. The molecule has 0 fully saturated rings. The molecule has 0 amide bonds. The second-order valence-corrected chi connectivity index (χ2v) is 6.53. The number of para-hydroxylation sites is 1. The molecule has 2 aromatic carbocycles. The Hall–Kier alpha value is -1.65. The summed E-state index contributed by atoms with van der Waals surface area (Å²) in [5.74, 6) is -0.0402. The van der Waals surface area contributed by atoms with Gasteiger partial charge in [0.2, 0.25) is 0 Å². The van der Waals surface area contributed by atoms with Crippen LogP contribution in [-0.2, 0) is 6.54 Å². The van der Waals surface area contributed by atoms with Crippen molar-refractivity contribution >= 4 is 15.9 Å². The van der Waals surface area contributed by atoms with E-state index in [2.05, 4.69) is 51.2 Å². The lowest BCUT2D eigenvalue weighted by molar-refractivity contribution is 0.267. The summed E-state index contributed by atoms with van der Waals surface area (Å²) in [6, 6.07) is 15.3. The van der Waals surface area contributed by atoms with Gasteiger partial charge in [0.25, 0.3) is 0 Å². The first-order valence-electron chi connectivity index (χ1n) is 7.73. The van der Waals surface area contributed by atoms with Crippen LogP contribution in [0.1, 0.15) is 12.0 Å². The Kier molecular flexibility index (Phi) is 5.47. The first-order valence-corrected chi connectivity index (χ1v) is 8.52. The minimum absolute atomic E-state index is 0.292. The second-order valence-electron chi connectivity index (χ2n) is 5.67. The highest BCUT2D eigenvalue weighted by molar-refractivity contribution is 9.10. The smallest absolute Gasteiger partial charge is 0.169 e. The average Bonchev–Trinajstić information content (AvgIpc) is 2.57. The number of halogens is 2. The standard InChI is InChI=1S/C19H19BrFNO/c20-17-7-4-8-18(21)19(17)23-14-16-9-11-22(12-10-16)13-15-5-2-1-3-6-15/h1-9H,10-14H2. The maximum absolute atomic E-state index is 13.7. The Morgan fingerprint density at radius 2 is 1.91 bits per heavy atom. The molecule has 1 heterocycles. The largest absolute Gasteiger partial charge is 0.485 e. The van der Waals surface area contributed by atoms with E-state index in [4.69, 9.17) is 4.74 Å². The topological polar surface area (TPSA) is 12.5 Å². The molecule has 23 heavy (non-hydrogen) atoms. The summed E-state index contributed by atoms with van der Waals surface area (Å²) in [5.41, 5.74) is 2.56. The number of ether oxygens (including phenoxy) is 1. The van der Waals surface area contributed by atoms with Crippen LogP contribution < -0.4 is 4.74 Å². The lowest BCUT2D eigenvalue weighted by Crippen LogP contribution is -2.29. The summed E-state index contributed by atoms with van der Waals surface area (Å²) in [7, 11) is 0. The van der Waals surface area contributed by atoms with Crippen LogP contribution in [0.4, 0.5) is 4.39 Å². The zero-order valence-electron chi connectivity index (χ0n) is 12.8. The molecule has 0 aromatic heterocycles. The number of rotatable bonds is 5. The van der Waals surface area contributed by atoms with Gasteiger partial charge in [-0.3, -0.25) is 4.90 Å². The minimum Gasteiger partial charge on any atom is -0.485 e. The van der Waals surface area contributed by atoms with Gasteiger partial charge in [-0.1, -0.05) is 42.5 Å². The van der Waals surface area contributed by atoms with E-state index in [9.17, 15) is 4.39 Å². The van der Waals surface area contributed by atoms with Crippen molar-refractivity contribution in [2.75, 3.05) is 19.7 Å². The van der Waals surface area contributed by atoms with E-state index >= 15 is 0 Å². The Morgan fingerprint density at radius 3 is 2.61 bits per heavy atom. The molecule has 3 rings (SSSR count). The molecule has 0 bridgehead atoms. The van der Waals surface area contributed by atoms with Crippen LogP contribution in [0.5, 0.6) is 5.75 Å². The molecule has 0 saturated carbocycles. The molecule has 120 valence electrons. The van der Waals surface area contributed by atoms with Gasteiger partial charge in [0, 0.05) is 19.6 Å². The zero-order chi connectivity index (χ0) is 16.1. The molecule has 1 aliphatic rings. The quantitative estimate of drug-likeness (QED) is 0.696. The predicted molar refractivity (Wildman–Crippen MR) is 94.0 cm³/mol. The molecule has 2 aromatic rings. The minimum atomic E-state index is -0.332. The Balaban J connectivity index is 1.53. The van der Waals surface area contributed by atoms with Crippen LogP contribution >= 0.6 is 15.9 Å². The molecule has 0 atom stereocenters. The fourth-order valence-corrected chi connectivity index (χ4v) is 3.11. The van der Waals surface area contributed by atoms with Gasteiger partial charge in [-0.2, -0.15) is 0 Å². The molecular formula is C19H19BrFNO. The highest BCUT2D eigenvalue weighted by Gasteiger charge is 2.14. The normalized spacial score (nSPS) is 15.3. The highest BCUT2D eigenvalue weighted by atomic mass is 79.9. The van der Waals surface area contributed by atoms with Crippen molar-refractivity contribution < 1.29 is 9.13 Å². The van der Waals surface area contributed by atoms with Crippen LogP contribution in [0.3, 0.4) is 0 Å². The van der Waals surface area contributed by atoms with Crippen molar-refractivity contribution in [1.82, 2.24) is 4.90 Å². The first-order chi connectivity index (χ1) is 11.2. The lowest BCUT2D eigenvalue weighted by atomic mass is 10.1. The number of nitrogens with zero attached hydrogens (tertiary/aromatic N) is 1. The highest BCUT2D eigenvalue weighted by Crippen LogP contribution is 2.28. The lowest BCUT2D eigenvalue weighted by Gasteiger charge is -2.26. The first kappa shape index (κ1) is 16.2. The molecule has 0 unspecified atom stereocenters. The van der Waals surface area contributed by atoms with E-state index in [0.29, 0.717) is 16.8 Å². The van der Waals surface area contributed by atoms with E-state index in [1.54, 1.807) is 12.1 Å². The van der Waals surface area contributed by atoms with E-state index in [0.717, 1.165) is 26.1 Å². The van der Waals surface area contributed by atoms with Crippen molar-refractivity contribution in [3.05, 3.63) is 76.0 Å². The molecule has 0 spiro atoms. The van der Waals surface area contributed by atoms with Gasteiger partial charge in [-0.15, -0.1) is 0 Å². The SMILES string of the molecule is Fc1cccc(Br)c1OCC1=CCN(Cc2ccccc2)CC1. The fourth-order valence-electron chi connectivity index (χ4n) is 2.65. The predicted octanol–water partition coefficient (Wildman–Crippen LogP) is 4.80. The van der Waals surface area contributed by atoms with Crippen molar-refractivity contribution in [2.24, 2.45) is 0 Å². The van der Waals surface area contributed by atoms with Crippen molar-refractivity contribution in [3.8, 4) is 5.75 Å². The molecule has 0 aliphatic carbocycles. The van der Waals surface area contributed by atoms with E-state index in [-0.39, 0.29) is 5.82 Å². The van der Waals surface area contributed by atoms with Gasteiger partial charge >= 0.3 is 0 Å². The molecule has 4 heteroatoms. The van der Waals surface area contributed by atoms with E-state index in [1.165, 1.54) is 17.2 Å². The molecule has 2 nitrogen and oxygen atoms in total. The van der Waals surface area contributed by atoms with Crippen LogP contribution in [0.15, 0.2) is 64.7 Å². The van der Waals surface area contributed by atoms with Crippen LogP contribution in [0, 0.1) is 5.82 Å². The van der Waals surface area contributed by atoms with Crippen LogP contribution in [0.25, 0.3) is 0 Å². The number of benzene rings is 2. The molecule has 0 saturated heterocycles. The van der Waals surface area contributed by atoms with Gasteiger partial charge < -0.3 is 4.74 Å².